The molecule has 1 aliphatic heterocycles. The molecule has 112 valence electrons. The topological polar surface area (TPSA) is 37.4 Å². The van der Waals surface area contributed by atoms with Gasteiger partial charge >= 0.3 is 0 Å². The lowest BCUT2D eigenvalue weighted by Crippen LogP contribution is -2.40. The summed E-state index contributed by atoms with van der Waals surface area (Å²) in [6.45, 7) is 5.94. The molecule has 20 heavy (non-hydrogen) atoms. The monoisotopic (exact) mass is 277 g/mol. The van der Waals surface area contributed by atoms with E-state index in [-0.39, 0.29) is 0 Å². The molecular formula is C16H27N3O. The number of rotatable bonds is 7. The summed E-state index contributed by atoms with van der Waals surface area (Å²) in [6.07, 6.45) is 5.00. The Hall–Kier alpha value is -1.13. The molecule has 0 aliphatic carbocycles. The van der Waals surface area contributed by atoms with Gasteiger partial charge < -0.3 is 15.0 Å². The van der Waals surface area contributed by atoms with Crippen LogP contribution in [-0.4, -0.2) is 42.7 Å². The van der Waals surface area contributed by atoms with Crippen LogP contribution in [0, 0.1) is 0 Å². The van der Waals surface area contributed by atoms with E-state index in [0.717, 1.165) is 37.7 Å². The predicted molar refractivity (Wildman–Crippen MR) is 82.0 cm³/mol. The highest BCUT2D eigenvalue weighted by atomic mass is 16.5. The first kappa shape index (κ1) is 15.3. The minimum Gasteiger partial charge on any atom is -0.476 e. The summed E-state index contributed by atoms with van der Waals surface area (Å²) in [6, 6.07) is 6.55. The van der Waals surface area contributed by atoms with E-state index >= 15 is 0 Å². The van der Waals surface area contributed by atoms with Crippen molar-refractivity contribution >= 4 is 0 Å². The summed E-state index contributed by atoms with van der Waals surface area (Å²) in [5, 5.41) is 3.36. The normalized spacial score (nSPS) is 20.0. The third-order valence-corrected chi connectivity index (χ3v) is 3.86. The number of aromatic nitrogens is 1. The number of ether oxygens (including phenoxy) is 1. The van der Waals surface area contributed by atoms with Gasteiger partial charge in [-0.05, 0) is 45.5 Å². The van der Waals surface area contributed by atoms with Gasteiger partial charge in [0.1, 0.15) is 6.61 Å². The number of hydrogen-bond donors (Lipinski definition) is 1. The third-order valence-electron chi connectivity index (χ3n) is 3.86. The molecule has 4 nitrogen and oxygen atoms in total. The summed E-state index contributed by atoms with van der Waals surface area (Å²) >= 11 is 0. The van der Waals surface area contributed by atoms with Gasteiger partial charge in [0, 0.05) is 18.7 Å². The molecule has 1 aromatic rings. The van der Waals surface area contributed by atoms with E-state index in [0.29, 0.717) is 6.04 Å². The fourth-order valence-electron chi connectivity index (χ4n) is 2.57. The number of piperidine rings is 1. The van der Waals surface area contributed by atoms with Crippen LogP contribution in [0.4, 0.5) is 0 Å². The molecule has 0 radical (unpaired) electrons. The van der Waals surface area contributed by atoms with Gasteiger partial charge in [0.05, 0.1) is 5.69 Å². The highest BCUT2D eigenvalue weighted by Gasteiger charge is 2.19. The Balaban J connectivity index is 1.81. The molecule has 2 rings (SSSR count). The van der Waals surface area contributed by atoms with Crippen molar-refractivity contribution in [3.63, 3.8) is 0 Å². The van der Waals surface area contributed by atoms with E-state index < -0.39 is 0 Å². The average Bonchev–Trinajstić information content (AvgIpc) is 2.47. The van der Waals surface area contributed by atoms with Gasteiger partial charge in [-0.3, -0.25) is 0 Å². The molecule has 1 saturated heterocycles. The first-order valence-corrected chi connectivity index (χ1v) is 7.79. The number of hydrogen-bond acceptors (Lipinski definition) is 4. The lowest BCUT2D eigenvalue weighted by Gasteiger charge is -2.31. The van der Waals surface area contributed by atoms with E-state index in [1.807, 2.05) is 18.2 Å². The van der Waals surface area contributed by atoms with Gasteiger partial charge in [-0.15, -0.1) is 0 Å². The molecule has 2 heterocycles. The lowest BCUT2D eigenvalue weighted by molar-refractivity contribution is 0.122. The molecular weight excluding hydrogens is 250 g/mol. The third kappa shape index (κ3) is 4.76. The lowest BCUT2D eigenvalue weighted by atomic mass is 10.0. The number of likely N-dealkylation sites (N-methyl/N-ethyl adjacent to an activating group) is 1. The quantitative estimate of drug-likeness (QED) is 0.777. The van der Waals surface area contributed by atoms with Crippen molar-refractivity contribution in [2.75, 3.05) is 26.7 Å². The molecule has 1 unspecified atom stereocenters. The van der Waals surface area contributed by atoms with Gasteiger partial charge in [-0.1, -0.05) is 19.4 Å². The van der Waals surface area contributed by atoms with Gasteiger partial charge in [0.25, 0.3) is 0 Å². The zero-order valence-corrected chi connectivity index (χ0v) is 12.8. The van der Waals surface area contributed by atoms with Crippen LogP contribution in [0.2, 0.25) is 0 Å². The van der Waals surface area contributed by atoms with Crippen LogP contribution in [-0.2, 0) is 6.54 Å². The Morgan fingerprint density at radius 3 is 3.10 bits per heavy atom. The van der Waals surface area contributed by atoms with Gasteiger partial charge in [-0.25, -0.2) is 4.98 Å². The second-order valence-electron chi connectivity index (χ2n) is 5.59. The summed E-state index contributed by atoms with van der Waals surface area (Å²) in [4.78, 5) is 6.95. The summed E-state index contributed by atoms with van der Waals surface area (Å²) < 4.78 is 5.88. The van der Waals surface area contributed by atoms with Crippen LogP contribution in [0.3, 0.4) is 0 Å². The molecule has 1 aliphatic rings. The summed E-state index contributed by atoms with van der Waals surface area (Å²) in [7, 11) is 2.19. The molecule has 1 aromatic heterocycles. The second-order valence-corrected chi connectivity index (χ2v) is 5.59. The Morgan fingerprint density at radius 2 is 2.30 bits per heavy atom. The molecule has 1 fully saturated rings. The second kappa shape index (κ2) is 8.22. The van der Waals surface area contributed by atoms with E-state index in [2.05, 4.69) is 29.2 Å². The molecule has 1 atom stereocenters. The number of nitrogens with zero attached hydrogens (tertiary/aromatic N) is 2. The van der Waals surface area contributed by atoms with Crippen molar-refractivity contribution in [2.24, 2.45) is 0 Å². The van der Waals surface area contributed by atoms with Crippen LogP contribution < -0.4 is 10.1 Å². The first-order chi connectivity index (χ1) is 9.79. The zero-order valence-electron chi connectivity index (χ0n) is 12.8. The highest BCUT2D eigenvalue weighted by Crippen LogP contribution is 2.16. The Labute approximate surface area is 122 Å². The molecule has 4 heteroatoms. The van der Waals surface area contributed by atoms with Gasteiger partial charge in [-0.2, -0.15) is 0 Å². The molecule has 0 aromatic carbocycles. The molecule has 0 saturated carbocycles. The van der Waals surface area contributed by atoms with Crippen LogP contribution in [0.25, 0.3) is 0 Å². The zero-order chi connectivity index (χ0) is 14.2. The summed E-state index contributed by atoms with van der Waals surface area (Å²) in [5.41, 5.74) is 1.05. The Morgan fingerprint density at radius 1 is 1.40 bits per heavy atom. The fraction of sp³-hybridized carbons (Fsp3) is 0.688. The number of nitrogens with one attached hydrogen (secondary N) is 1. The van der Waals surface area contributed by atoms with Crippen LogP contribution in [0.1, 0.15) is 38.3 Å². The predicted octanol–water partition coefficient (Wildman–Crippen LogP) is 2.44. The maximum atomic E-state index is 5.88. The van der Waals surface area contributed by atoms with Crippen LogP contribution >= 0.6 is 0 Å². The minimum absolute atomic E-state index is 0.535. The number of likely N-dealkylation sites (tertiary alicyclic amines) is 1. The standard InChI is InChI=1S/C16H27N3O/c1-3-10-17-12-14-7-6-9-16(18-14)20-13-15-8-4-5-11-19(15)2/h6-7,9,15,17H,3-5,8,10-13H2,1-2H3. The van der Waals surface area contributed by atoms with Gasteiger partial charge in [0.2, 0.25) is 5.88 Å². The van der Waals surface area contributed by atoms with Crippen molar-refractivity contribution in [3.8, 4) is 5.88 Å². The fourth-order valence-corrected chi connectivity index (χ4v) is 2.57. The van der Waals surface area contributed by atoms with E-state index in [1.165, 1.54) is 25.8 Å². The van der Waals surface area contributed by atoms with Crippen molar-refractivity contribution in [1.82, 2.24) is 15.2 Å². The maximum Gasteiger partial charge on any atom is 0.213 e. The van der Waals surface area contributed by atoms with Crippen molar-refractivity contribution in [3.05, 3.63) is 23.9 Å². The summed E-state index contributed by atoms with van der Waals surface area (Å²) in [5.74, 6) is 0.750. The van der Waals surface area contributed by atoms with Crippen LogP contribution in [0.5, 0.6) is 5.88 Å². The minimum atomic E-state index is 0.535. The van der Waals surface area contributed by atoms with Gasteiger partial charge in [0.15, 0.2) is 0 Å². The molecule has 1 N–H and O–H groups in total. The SMILES string of the molecule is CCCNCc1cccc(OCC2CCCCN2C)n1. The highest BCUT2D eigenvalue weighted by molar-refractivity contribution is 5.15. The van der Waals surface area contributed by atoms with E-state index in [9.17, 15) is 0 Å². The Kier molecular flexibility index (Phi) is 6.27. The average molecular weight is 277 g/mol. The van der Waals surface area contributed by atoms with Crippen molar-refractivity contribution < 1.29 is 4.74 Å². The molecule has 0 bridgehead atoms. The smallest absolute Gasteiger partial charge is 0.213 e. The number of pyridine rings is 1. The largest absolute Gasteiger partial charge is 0.476 e. The first-order valence-electron chi connectivity index (χ1n) is 7.79. The Bertz CT molecular complexity index is 397. The van der Waals surface area contributed by atoms with Crippen molar-refractivity contribution in [2.45, 2.75) is 45.2 Å². The molecule has 0 amide bonds. The van der Waals surface area contributed by atoms with Crippen LogP contribution in [0.15, 0.2) is 18.2 Å². The van der Waals surface area contributed by atoms with E-state index in [4.69, 9.17) is 4.74 Å². The van der Waals surface area contributed by atoms with E-state index in [1.54, 1.807) is 0 Å². The molecule has 0 spiro atoms. The van der Waals surface area contributed by atoms with Crippen molar-refractivity contribution in [1.29, 1.82) is 0 Å². The maximum absolute atomic E-state index is 5.88.